The molecular weight excluding hydrogens is 669 g/mol. The third kappa shape index (κ3) is 12.9. The van der Waals surface area contributed by atoms with E-state index < -0.39 is 51.7 Å². The number of hydrogen-bond acceptors (Lipinski definition) is 12. The first-order valence-corrected chi connectivity index (χ1v) is 16.4. The minimum atomic E-state index is -4.62. The van der Waals surface area contributed by atoms with Crippen LogP contribution in [0.2, 0.25) is 0 Å². The van der Waals surface area contributed by atoms with Crippen LogP contribution in [0.25, 0.3) is 0 Å². The Balaban J connectivity index is 1.70. The molecule has 3 rings (SSSR count). The van der Waals surface area contributed by atoms with Crippen LogP contribution in [-0.2, 0) is 21.4 Å². The monoisotopic (exact) mass is 708 g/mol. The Morgan fingerprint density at radius 1 is 0.939 bits per heavy atom. The van der Waals surface area contributed by atoms with E-state index in [0.717, 1.165) is 11.0 Å². The summed E-state index contributed by atoms with van der Waals surface area (Å²) in [4.78, 5) is 37.7. The van der Waals surface area contributed by atoms with Gasteiger partial charge in [-0.2, -0.15) is 28.1 Å². The van der Waals surface area contributed by atoms with Crippen molar-refractivity contribution in [3.63, 3.8) is 0 Å². The van der Waals surface area contributed by atoms with Crippen molar-refractivity contribution in [2.24, 2.45) is 5.73 Å². The molecule has 1 aromatic heterocycles. The number of anilines is 3. The predicted octanol–water partition coefficient (Wildman–Crippen LogP) is 4.16. The van der Waals surface area contributed by atoms with Crippen LogP contribution in [0, 0.1) is 0 Å². The third-order valence-corrected chi connectivity index (χ3v) is 7.50. The number of allylic oxidation sites excluding steroid dienone is 1. The highest BCUT2D eigenvalue weighted by Gasteiger charge is 2.37. The molecule has 0 fully saturated rings. The summed E-state index contributed by atoms with van der Waals surface area (Å²) in [6.07, 6.45) is -3.48. The minimum absolute atomic E-state index is 0.0539. The van der Waals surface area contributed by atoms with Gasteiger partial charge in [0.1, 0.15) is 5.75 Å². The second-order valence-corrected chi connectivity index (χ2v) is 13.2. The number of hydrogen-bond donors (Lipinski definition) is 5. The molecule has 0 saturated heterocycles. The number of amides is 2. The van der Waals surface area contributed by atoms with E-state index in [4.69, 9.17) is 15.2 Å². The number of carbonyl (C=O) groups is 2. The molecule has 1 atom stereocenters. The van der Waals surface area contributed by atoms with Gasteiger partial charge in [0.2, 0.25) is 11.9 Å². The molecule has 0 aliphatic carbocycles. The molecule has 6 N–H and O–H groups in total. The maximum atomic E-state index is 13.0. The topological polar surface area (TPSA) is 200 Å². The van der Waals surface area contributed by atoms with Crippen molar-refractivity contribution in [1.82, 2.24) is 25.0 Å². The average Bonchev–Trinajstić information content (AvgIpc) is 2.99. The molecule has 0 radical (unpaired) electrons. The van der Waals surface area contributed by atoms with E-state index in [1.54, 1.807) is 26.0 Å². The highest BCUT2D eigenvalue weighted by atomic mass is 32.2. The van der Waals surface area contributed by atoms with Crippen LogP contribution in [0.15, 0.2) is 60.0 Å². The first kappa shape index (κ1) is 38.5. The zero-order valence-electron chi connectivity index (χ0n) is 27.5. The average molecular weight is 709 g/mol. The molecule has 3 aromatic rings. The van der Waals surface area contributed by atoms with Crippen molar-refractivity contribution in [3.8, 4) is 11.8 Å². The molecule has 266 valence electrons. The summed E-state index contributed by atoms with van der Waals surface area (Å²) in [5.74, 6) is -0.953. The fourth-order valence-electron chi connectivity index (χ4n) is 4.47. The molecule has 18 heteroatoms. The molecule has 1 heterocycles. The summed E-state index contributed by atoms with van der Waals surface area (Å²) in [6.45, 7) is 7.08. The number of halogens is 3. The standard InChI is InChI=1S/C31H39F3N8O6S/c1-6-16-49(45,46)42-25(44)30(5,35)18-29(3,4)41-24(43)21-10-12-22(13-11-21)37-27-38-26(39-28(40-27)48-19-31(32,33)34)36-17-20-8-14-23(15-9-20)47-7-2/h6,8-16H,7,17-19,35H2,1-5H3,(H,41,43)(H,42,44)(H2,36,37,38,39,40)/b16-6+. The van der Waals surface area contributed by atoms with Gasteiger partial charge in [0.25, 0.3) is 21.8 Å². The molecule has 2 aromatic carbocycles. The van der Waals surface area contributed by atoms with Gasteiger partial charge in [-0.3, -0.25) is 9.59 Å². The number of benzene rings is 2. The van der Waals surface area contributed by atoms with Crippen molar-refractivity contribution in [3.05, 3.63) is 71.1 Å². The van der Waals surface area contributed by atoms with Gasteiger partial charge in [-0.25, -0.2) is 13.1 Å². The summed E-state index contributed by atoms with van der Waals surface area (Å²) >= 11 is 0. The fraction of sp³-hybridized carbons (Fsp3) is 0.387. The Morgan fingerprint density at radius 3 is 2.16 bits per heavy atom. The summed E-state index contributed by atoms with van der Waals surface area (Å²) in [6, 6.07) is 12.6. The Hall–Kier alpha value is -4.97. The highest BCUT2D eigenvalue weighted by Crippen LogP contribution is 2.23. The van der Waals surface area contributed by atoms with E-state index in [0.29, 0.717) is 18.0 Å². The Labute approximate surface area is 282 Å². The van der Waals surface area contributed by atoms with E-state index in [2.05, 4.69) is 30.9 Å². The first-order valence-electron chi connectivity index (χ1n) is 14.9. The summed E-state index contributed by atoms with van der Waals surface area (Å²) in [5.41, 5.74) is 4.85. The number of nitrogens with one attached hydrogen (secondary N) is 4. The molecule has 0 saturated carbocycles. The molecular formula is C31H39F3N8O6S. The quantitative estimate of drug-likeness (QED) is 0.143. The number of sulfonamides is 1. The van der Waals surface area contributed by atoms with Gasteiger partial charge in [0.15, 0.2) is 6.61 Å². The van der Waals surface area contributed by atoms with E-state index >= 15 is 0 Å². The largest absolute Gasteiger partial charge is 0.494 e. The SMILES string of the molecule is C/C=C/S(=O)(=O)NC(=O)C(C)(N)CC(C)(C)NC(=O)c1ccc(Nc2nc(NCc3ccc(OCC)cc3)nc(OCC(F)(F)F)n2)cc1. The van der Waals surface area contributed by atoms with Gasteiger partial charge in [0, 0.05) is 28.7 Å². The number of alkyl halides is 3. The van der Waals surface area contributed by atoms with Gasteiger partial charge < -0.3 is 31.2 Å². The lowest BCUT2D eigenvalue weighted by Gasteiger charge is -2.34. The van der Waals surface area contributed by atoms with Crippen LogP contribution in [0.5, 0.6) is 11.8 Å². The molecule has 49 heavy (non-hydrogen) atoms. The van der Waals surface area contributed by atoms with Crippen molar-refractivity contribution < 1.29 is 40.7 Å². The Morgan fingerprint density at radius 2 is 1.57 bits per heavy atom. The lowest BCUT2D eigenvalue weighted by atomic mass is 9.85. The van der Waals surface area contributed by atoms with Crippen LogP contribution in [-0.4, -0.2) is 65.7 Å². The van der Waals surface area contributed by atoms with Crippen molar-refractivity contribution in [1.29, 1.82) is 0 Å². The Bertz CT molecular complexity index is 1730. The second-order valence-electron chi connectivity index (χ2n) is 11.7. The zero-order valence-corrected chi connectivity index (χ0v) is 28.3. The van der Waals surface area contributed by atoms with Gasteiger partial charge in [-0.1, -0.05) is 18.2 Å². The van der Waals surface area contributed by atoms with Gasteiger partial charge in [0.05, 0.1) is 12.1 Å². The van der Waals surface area contributed by atoms with Crippen LogP contribution in [0.3, 0.4) is 0 Å². The van der Waals surface area contributed by atoms with Crippen LogP contribution in [0.4, 0.5) is 30.8 Å². The summed E-state index contributed by atoms with van der Waals surface area (Å²) in [5, 5.41) is 9.41. The lowest BCUT2D eigenvalue weighted by Crippen LogP contribution is -2.59. The number of nitrogens with zero attached hydrogens (tertiary/aromatic N) is 3. The van der Waals surface area contributed by atoms with E-state index in [1.807, 2.05) is 23.8 Å². The number of carbonyl (C=O) groups excluding carboxylic acids is 2. The maximum absolute atomic E-state index is 13.0. The fourth-order valence-corrected chi connectivity index (χ4v) is 5.39. The third-order valence-electron chi connectivity index (χ3n) is 6.40. The molecule has 2 amide bonds. The van der Waals surface area contributed by atoms with Gasteiger partial charge in [-0.05, 0) is 83.0 Å². The smallest absolute Gasteiger partial charge is 0.422 e. The minimum Gasteiger partial charge on any atom is -0.494 e. The van der Waals surface area contributed by atoms with E-state index in [9.17, 15) is 31.2 Å². The lowest BCUT2D eigenvalue weighted by molar-refractivity contribution is -0.154. The highest BCUT2D eigenvalue weighted by molar-refractivity contribution is 7.92. The first-order chi connectivity index (χ1) is 22.8. The van der Waals surface area contributed by atoms with Crippen LogP contribution < -0.4 is 35.9 Å². The van der Waals surface area contributed by atoms with Crippen molar-refractivity contribution >= 4 is 39.4 Å². The number of rotatable bonds is 16. The Kier molecular flexibility index (Phi) is 12.5. The molecule has 0 bridgehead atoms. The van der Waals surface area contributed by atoms with Gasteiger partial charge in [-0.15, -0.1) is 0 Å². The number of aromatic nitrogens is 3. The van der Waals surface area contributed by atoms with Crippen LogP contribution >= 0.6 is 0 Å². The van der Waals surface area contributed by atoms with Gasteiger partial charge >= 0.3 is 12.2 Å². The zero-order chi connectivity index (χ0) is 36.5. The van der Waals surface area contributed by atoms with Crippen molar-refractivity contribution in [2.45, 2.75) is 64.8 Å². The summed E-state index contributed by atoms with van der Waals surface area (Å²) in [7, 11) is -4.02. The molecule has 0 aliphatic rings. The normalized spacial score (nSPS) is 13.3. The number of ether oxygens (including phenoxy) is 2. The molecule has 1 unspecified atom stereocenters. The van der Waals surface area contributed by atoms with E-state index in [1.165, 1.54) is 44.2 Å². The molecule has 14 nitrogen and oxygen atoms in total. The summed E-state index contributed by atoms with van der Waals surface area (Å²) < 4.78 is 74.5. The second kappa shape index (κ2) is 16.0. The molecule has 0 aliphatic heterocycles. The molecule has 0 spiro atoms. The predicted molar refractivity (Wildman–Crippen MR) is 177 cm³/mol. The van der Waals surface area contributed by atoms with Crippen molar-refractivity contribution in [2.75, 3.05) is 23.8 Å². The van der Waals surface area contributed by atoms with E-state index in [-0.39, 0.29) is 30.4 Å². The van der Waals surface area contributed by atoms with Crippen LogP contribution in [0.1, 0.15) is 57.0 Å². The number of nitrogens with two attached hydrogens (primary N) is 1. The maximum Gasteiger partial charge on any atom is 0.422 e.